The molecular formula is C13H10ClF2N. The van der Waals surface area contributed by atoms with Gasteiger partial charge < -0.3 is 5.32 Å². The lowest BCUT2D eigenvalue weighted by atomic mass is 10.2. The molecule has 0 aliphatic heterocycles. The standard InChI is InChI=1S/C13H10ClF2N/c14-10-5-12(16)7-13(6-10)17-8-9-2-1-3-11(15)4-9/h1-7,17H,8H2. The van der Waals surface area contributed by atoms with Crippen LogP contribution in [0.4, 0.5) is 14.5 Å². The van der Waals surface area contributed by atoms with E-state index in [-0.39, 0.29) is 5.82 Å². The van der Waals surface area contributed by atoms with Gasteiger partial charge in [0, 0.05) is 17.3 Å². The van der Waals surface area contributed by atoms with Gasteiger partial charge in [0.1, 0.15) is 11.6 Å². The third-order valence-electron chi connectivity index (χ3n) is 2.25. The summed E-state index contributed by atoms with van der Waals surface area (Å²) in [7, 11) is 0. The summed E-state index contributed by atoms with van der Waals surface area (Å²) in [6, 6.07) is 10.4. The molecule has 0 radical (unpaired) electrons. The Labute approximate surface area is 103 Å². The zero-order chi connectivity index (χ0) is 12.3. The highest BCUT2D eigenvalue weighted by Gasteiger charge is 2.00. The van der Waals surface area contributed by atoms with Crippen LogP contribution in [-0.2, 0) is 6.54 Å². The summed E-state index contributed by atoms with van der Waals surface area (Å²) in [5.41, 5.74) is 1.35. The fraction of sp³-hybridized carbons (Fsp3) is 0.0769. The van der Waals surface area contributed by atoms with Crippen LogP contribution < -0.4 is 5.32 Å². The Morgan fingerprint density at radius 2 is 1.82 bits per heavy atom. The monoisotopic (exact) mass is 253 g/mol. The molecular weight excluding hydrogens is 244 g/mol. The number of hydrogen-bond donors (Lipinski definition) is 1. The topological polar surface area (TPSA) is 12.0 Å². The first kappa shape index (κ1) is 11.9. The second-order valence-corrected chi connectivity index (χ2v) is 4.08. The van der Waals surface area contributed by atoms with Crippen LogP contribution in [-0.4, -0.2) is 0 Å². The van der Waals surface area contributed by atoms with E-state index in [0.29, 0.717) is 17.3 Å². The molecule has 0 amide bonds. The summed E-state index contributed by atoms with van der Waals surface area (Å²) in [6.07, 6.45) is 0. The van der Waals surface area contributed by atoms with Crippen molar-refractivity contribution < 1.29 is 8.78 Å². The molecule has 4 heteroatoms. The normalized spacial score (nSPS) is 10.3. The molecule has 17 heavy (non-hydrogen) atoms. The van der Waals surface area contributed by atoms with E-state index in [4.69, 9.17) is 11.6 Å². The molecule has 88 valence electrons. The summed E-state index contributed by atoms with van der Waals surface area (Å²) in [6.45, 7) is 0.414. The Hall–Kier alpha value is -1.61. The molecule has 2 rings (SSSR count). The summed E-state index contributed by atoms with van der Waals surface area (Å²) < 4.78 is 25.9. The summed E-state index contributed by atoms with van der Waals surface area (Å²) in [4.78, 5) is 0. The zero-order valence-corrected chi connectivity index (χ0v) is 9.64. The SMILES string of the molecule is Fc1cccc(CNc2cc(F)cc(Cl)c2)c1. The second kappa shape index (κ2) is 5.15. The van der Waals surface area contributed by atoms with E-state index in [2.05, 4.69) is 5.32 Å². The van der Waals surface area contributed by atoms with Crippen molar-refractivity contribution in [1.29, 1.82) is 0 Å². The van der Waals surface area contributed by atoms with Gasteiger partial charge in [-0.3, -0.25) is 0 Å². The van der Waals surface area contributed by atoms with Crippen LogP contribution in [0.1, 0.15) is 5.56 Å². The first-order valence-electron chi connectivity index (χ1n) is 5.08. The molecule has 2 aromatic rings. The van der Waals surface area contributed by atoms with Gasteiger partial charge >= 0.3 is 0 Å². The molecule has 1 nitrogen and oxygen atoms in total. The van der Waals surface area contributed by atoms with Crippen molar-refractivity contribution in [1.82, 2.24) is 0 Å². The van der Waals surface area contributed by atoms with Crippen LogP contribution in [0.15, 0.2) is 42.5 Å². The maximum Gasteiger partial charge on any atom is 0.126 e. The molecule has 0 aliphatic carbocycles. The lowest BCUT2D eigenvalue weighted by Gasteiger charge is -2.07. The first-order valence-corrected chi connectivity index (χ1v) is 5.46. The number of anilines is 1. The van der Waals surface area contributed by atoms with E-state index in [0.717, 1.165) is 5.56 Å². The lowest BCUT2D eigenvalue weighted by Crippen LogP contribution is -2.00. The van der Waals surface area contributed by atoms with Crippen LogP contribution in [0.5, 0.6) is 0 Å². The molecule has 2 aromatic carbocycles. The first-order chi connectivity index (χ1) is 8.13. The Bertz CT molecular complexity index is 508. The molecule has 0 aromatic heterocycles. The van der Waals surface area contributed by atoms with Crippen molar-refractivity contribution in [2.45, 2.75) is 6.54 Å². The minimum Gasteiger partial charge on any atom is -0.381 e. The van der Waals surface area contributed by atoms with Crippen LogP contribution in [0.3, 0.4) is 0 Å². The van der Waals surface area contributed by atoms with Gasteiger partial charge in [-0.2, -0.15) is 0 Å². The predicted molar refractivity (Wildman–Crippen MR) is 65.1 cm³/mol. The molecule has 0 bridgehead atoms. The minimum absolute atomic E-state index is 0.290. The van der Waals surface area contributed by atoms with Gasteiger partial charge in [-0.25, -0.2) is 8.78 Å². The Morgan fingerprint density at radius 1 is 1.00 bits per heavy atom. The van der Waals surface area contributed by atoms with Crippen LogP contribution in [0, 0.1) is 11.6 Å². The molecule has 0 fully saturated rings. The van der Waals surface area contributed by atoms with E-state index in [1.165, 1.54) is 24.3 Å². The van der Waals surface area contributed by atoms with Crippen molar-refractivity contribution in [3.05, 3.63) is 64.7 Å². The number of benzene rings is 2. The van der Waals surface area contributed by atoms with E-state index >= 15 is 0 Å². The number of nitrogens with one attached hydrogen (secondary N) is 1. The number of halogens is 3. The highest BCUT2D eigenvalue weighted by atomic mass is 35.5. The smallest absolute Gasteiger partial charge is 0.126 e. The maximum absolute atomic E-state index is 13.0. The molecule has 0 aliphatic rings. The fourth-order valence-electron chi connectivity index (χ4n) is 1.51. The number of hydrogen-bond acceptors (Lipinski definition) is 1. The van der Waals surface area contributed by atoms with Gasteiger partial charge in [0.05, 0.1) is 0 Å². The Balaban J connectivity index is 2.07. The third kappa shape index (κ3) is 3.43. The molecule has 0 spiro atoms. The molecule has 0 unspecified atom stereocenters. The van der Waals surface area contributed by atoms with Gasteiger partial charge in [0.25, 0.3) is 0 Å². The van der Waals surface area contributed by atoms with Crippen LogP contribution in [0.25, 0.3) is 0 Å². The van der Waals surface area contributed by atoms with Gasteiger partial charge in [0.15, 0.2) is 0 Å². The second-order valence-electron chi connectivity index (χ2n) is 3.64. The maximum atomic E-state index is 13.0. The van der Waals surface area contributed by atoms with E-state index < -0.39 is 5.82 Å². The molecule has 1 N–H and O–H groups in total. The molecule has 0 heterocycles. The average molecular weight is 254 g/mol. The van der Waals surface area contributed by atoms with Crippen molar-refractivity contribution >= 4 is 17.3 Å². The molecule has 0 saturated heterocycles. The van der Waals surface area contributed by atoms with E-state index in [1.807, 2.05) is 0 Å². The molecule has 0 atom stereocenters. The van der Waals surface area contributed by atoms with Crippen molar-refractivity contribution in [2.24, 2.45) is 0 Å². The van der Waals surface area contributed by atoms with Gasteiger partial charge in [-0.05, 0) is 35.9 Å². The largest absolute Gasteiger partial charge is 0.381 e. The van der Waals surface area contributed by atoms with E-state index in [9.17, 15) is 8.78 Å². The Morgan fingerprint density at radius 3 is 2.53 bits per heavy atom. The third-order valence-corrected chi connectivity index (χ3v) is 2.47. The van der Waals surface area contributed by atoms with Crippen LogP contribution in [0.2, 0.25) is 5.02 Å². The number of rotatable bonds is 3. The zero-order valence-electron chi connectivity index (χ0n) is 8.88. The summed E-state index contributed by atoms with van der Waals surface area (Å²) in [5.74, 6) is -0.694. The lowest BCUT2D eigenvalue weighted by molar-refractivity contribution is 0.625. The highest BCUT2D eigenvalue weighted by Crippen LogP contribution is 2.18. The van der Waals surface area contributed by atoms with E-state index in [1.54, 1.807) is 18.2 Å². The predicted octanol–water partition coefficient (Wildman–Crippen LogP) is 4.23. The van der Waals surface area contributed by atoms with Gasteiger partial charge in [-0.1, -0.05) is 23.7 Å². The summed E-state index contributed by atoms with van der Waals surface area (Å²) in [5, 5.41) is 3.30. The molecule has 0 saturated carbocycles. The average Bonchev–Trinajstić information content (AvgIpc) is 2.25. The Kier molecular flexibility index (Phi) is 3.59. The highest BCUT2D eigenvalue weighted by molar-refractivity contribution is 6.30. The van der Waals surface area contributed by atoms with Crippen molar-refractivity contribution in [2.75, 3.05) is 5.32 Å². The van der Waals surface area contributed by atoms with Crippen LogP contribution >= 0.6 is 11.6 Å². The van der Waals surface area contributed by atoms with Crippen molar-refractivity contribution in [3.8, 4) is 0 Å². The fourth-order valence-corrected chi connectivity index (χ4v) is 1.73. The quantitative estimate of drug-likeness (QED) is 0.863. The van der Waals surface area contributed by atoms with Gasteiger partial charge in [-0.15, -0.1) is 0 Å². The summed E-state index contributed by atoms with van der Waals surface area (Å²) >= 11 is 5.72. The van der Waals surface area contributed by atoms with Gasteiger partial charge in [0.2, 0.25) is 0 Å². The van der Waals surface area contributed by atoms with Crippen molar-refractivity contribution in [3.63, 3.8) is 0 Å². The minimum atomic E-state index is -0.403.